The number of carbonyl (C=O) groups excluding carboxylic acids is 1. The maximum absolute atomic E-state index is 13.0. The van der Waals surface area contributed by atoms with Crippen LogP contribution in [0.1, 0.15) is 12.5 Å². The van der Waals surface area contributed by atoms with Crippen molar-refractivity contribution in [2.75, 3.05) is 30.8 Å². The second-order valence-electron chi connectivity index (χ2n) is 3.96. The van der Waals surface area contributed by atoms with Gasteiger partial charge in [-0.05, 0) is 25.1 Å². The van der Waals surface area contributed by atoms with E-state index in [9.17, 15) is 18.0 Å². The zero-order valence-electron chi connectivity index (χ0n) is 10.7. The molecule has 0 aliphatic heterocycles. The summed E-state index contributed by atoms with van der Waals surface area (Å²) in [5.41, 5.74) is 4.55. The van der Waals surface area contributed by atoms with Gasteiger partial charge in [-0.2, -0.15) is 13.2 Å². The Kier molecular flexibility index (Phi) is 4.63. The van der Waals surface area contributed by atoms with Crippen molar-refractivity contribution in [2.24, 2.45) is 0 Å². The zero-order chi connectivity index (χ0) is 14.6. The highest BCUT2D eigenvalue weighted by Gasteiger charge is 2.35. The molecular weight excluding hydrogens is 259 g/mol. The Morgan fingerprint density at radius 1 is 1.42 bits per heavy atom. The van der Waals surface area contributed by atoms with Crippen LogP contribution in [0.25, 0.3) is 0 Å². The molecule has 3 N–H and O–H groups in total. The number of carbonyl (C=O) groups is 1. The molecule has 19 heavy (non-hydrogen) atoms. The predicted octanol–water partition coefficient (Wildman–Crippen LogP) is 1.86. The minimum absolute atomic E-state index is 0.0343. The first-order chi connectivity index (χ1) is 8.79. The number of amides is 1. The molecule has 1 aromatic carbocycles. The number of alkyl halides is 3. The highest BCUT2D eigenvalue weighted by atomic mass is 19.4. The number of rotatable bonds is 4. The third-order valence-electron chi connectivity index (χ3n) is 2.66. The second kappa shape index (κ2) is 5.81. The Morgan fingerprint density at radius 3 is 2.53 bits per heavy atom. The van der Waals surface area contributed by atoms with E-state index >= 15 is 0 Å². The molecule has 1 rings (SSSR count). The molecule has 106 valence electrons. The van der Waals surface area contributed by atoms with Gasteiger partial charge in [0.1, 0.15) is 0 Å². The van der Waals surface area contributed by atoms with E-state index in [4.69, 9.17) is 5.73 Å². The molecule has 1 aromatic rings. The van der Waals surface area contributed by atoms with Crippen LogP contribution in [0.2, 0.25) is 0 Å². The van der Waals surface area contributed by atoms with Gasteiger partial charge in [0.05, 0.1) is 12.1 Å². The molecule has 4 nitrogen and oxygen atoms in total. The smallest absolute Gasteiger partial charge is 0.399 e. The third kappa shape index (κ3) is 3.77. The summed E-state index contributed by atoms with van der Waals surface area (Å²) in [5.74, 6) is -0.355. The molecule has 0 aliphatic rings. The molecule has 0 bridgehead atoms. The van der Waals surface area contributed by atoms with Gasteiger partial charge in [-0.3, -0.25) is 4.79 Å². The first-order valence-electron chi connectivity index (χ1n) is 5.71. The van der Waals surface area contributed by atoms with Gasteiger partial charge in [0.2, 0.25) is 5.91 Å². The van der Waals surface area contributed by atoms with Gasteiger partial charge in [0.15, 0.2) is 0 Å². The fourth-order valence-electron chi connectivity index (χ4n) is 1.68. The van der Waals surface area contributed by atoms with Gasteiger partial charge >= 0.3 is 6.18 Å². The van der Waals surface area contributed by atoms with Crippen LogP contribution >= 0.6 is 0 Å². The van der Waals surface area contributed by atoms with E-state index in [0.29, 0.717) is 0 Å². The Balaban J connectivity index is 3.20. The molecule has 0 unspecified atom stereocenters. The van der Waals surface area contributed by atoms with Crippen LogP contribution in [0.3, 0.4) is 0 Å². The topological polar surface area (TPSA) is 58.4 Å². The van der Waals surface area contributed by atoms with Crippen LogP contribution < -0.4 is 16.0 Å². The lowest BCUT2D eigenvalue weighted by molar-refractivity contribution is -0.137. The van der Waals surface area contributed by atoms with Crippen molar-refractivity contribution < 1.29 is 18.0 Å². The fraction of sp³-hybridized carbons (Fsp3) is 0.417. The summed E-state index contributed by atoms with van der Waals surface area (Å²) < 4.78 is 38.9. The number of halogens is 3. The standard InChI is InChI=1S/C12H16F3N3O/c1-3-18(7-11(19)17-2)10-5-4-8(16)6-9(10)12(13,14)15/h4-6H,3,7,16H2,1-2H3,(H,17,19). The number of anilines is 2. The van der Waals surface area contributed by atoms with Crippen LogP contribution in [0, 0.1) is 0 Å². The summed E-state index contributed by atoms with van der Waals surface area (Å²) in [4.78, 5) is 12.7. The molecule has 0 atom stereocenters. The SMILES string of the molecule is CCN(CC(=O)NC)c1ccc(N)cc1C(F)(F)F. The highest BCUT2D eigenvalue weighted by molar-refractivity contribution is 5.81. The number of hydrogen-bond acceptors (Lipinski definition) is 3. The first kappa shape index (κ1) is 15.1. The highest BCUT2D eigenvalue weighted by Crippen LogP contribution is 2.37. The van der Waals surface area contributed by atoms with Gasteiger partial charge < -0.3 is 16.0 Å². The van der Waals surface area contributed by atoms with Gasteiger partial charge in [-0.25, -0.2) is 0 Å². The molecule has 0 heterocycles. The van der Waals surface area contributed by atoms with E-state index in [1.165, 1.54) is 24.1 Å². The van der Waals surface area contributed by atoms with E-state index in [-0.39, 0.29) is 30.4 Å². The maximum Gasteiger partial charge on any atom is 0.418 e. The molecule has 0 radical (unpaired) electrons. The van der Waals surface area contributed by atoms with Crippen LogP contribution in [0.15, 0.2) is 18.2 Å². The number of nitrogen functional groups attached to an aromatic ring is 1. The largest absolute Gasteiger partial charge is 0.418 e. The molecule has 0 aliphatic carbocycles. The van der Waals surface area contributed by atoms with Crippen molar-refractivity contribution in [3.05, 3.63) is 23.8 Å². The Hall–Kier alpha value is -1.92. The lowest BCUT2D eigenvalue weighted by atomic mass is 10.1. The molecule has 1 amide bonds. The zero-order valence-corrected chi connectivity index (χ0v) is 10.7. The van der Waals surface area contributed by atoms with Gasteiger partial charge in [-0.1, -0.05) is 0 Å². The molecule has 0 saturated heterocycles. The van der Waals surface area contributed by atoms with E-state index in [1.54, 1.807) is 6.92 Å². The summed E-state index contributed by atoms with van der Waals surface area (Å²) in [6, 6.07) is 3.55. The van der Waals surface area contributed by atoms with Gasteiger partial charge in [0, 0.05) is 25.0 Å². The Morgan fingerprint density at radius 2 is 2.05 bits per heavy atom. The third-order valence-corrected chi connectivity index (χ3v) is 2.66. The monoisotopic (exact) mass is 275 g/mol. The summed E-state index contributed by atoms with van der Waals surface area (Å²) >= 11 is 0. The fourth-order valence-corrected chi connectivity index (χ4v) is 1.68. The van der Waals surface area contributed by atoms with Crippen molar-refractivity contribution >= 4 is 17.3 Å². The number of nitrogens with zero attached hydrogens (tertiary/aromatic N) is 1. The lowest BCUT2D eigenvalue weighted by Crippen LogP contribution is -2.36. The molecule has 0 aromatic heterocycles. The number of nitrogens with one attached hydrogen (secondary N) is 1. The van der Waals surface area contributed by atoms with Crippen molar-refractivity contribution in [2.45, 2.75) is 13.1 Å². The van der Waals surface area contributed by atoms with E-state index in [1.807, 2.05) is 0 Å². The van der Waals surface area contributed by atoms with Crippen LogP contribution in [0.5, 0.6) is 0 Å². The summed E-state index contributed by atoms with van der Waals surface area (Å²) in [6.45, 7) is 1.82. The first-order valence-corrected chi connectivity index (χ1v) is 5.71. The van der Waals surface area contributed by atoms with Crippen LogP contribution in [-0.4, -0.2) is 26.0 Å². The van der Waals surface area contributed by atoms with Crippen molar-refractivity contribution in [1.82, 2.24) is 5.32 Å². The Labute approximate surface area is 109 Å². The maximum atomic E-state index is 13.0. The van der Waals surface area contributed by atoms with Crippen molar-refractivity contribution in [1.29, 1.82) is 0 Å². The van der Waals surface area contributed by atoms with Gasteiger partial charge in [0.25, 0.3) is 0 Å². The minimum Gasteiger partial charge on any atom is -0.399 e. The normalized spacial score (nSPS) is 11.2. The van der Waals surface area contributed by atoms with Crippen molar-refractivity contribution in [3.8, 4) is 0 Å². The average Bonchev–Trinajstić information content (AvgIpc) is 2.34. The quantitative estimate of drug-likeness (QED) is 0.825. The molecular formula is C12H16F3N3O. The lowest BCUT2D eigenvalue weighted by Gasteiger charge is -2.26. The molecule has 0 saturated carbocycles. The predicted molar refractivity (Wildman–Crippen MR) is 67.8 cm³/mol. The minimum atomic E-state index is -4.51. The Bertz CT molecular complexity index is 460. The van der Waals surface area contributed by atoms with E-state index < -0.39 is 11.7 Å². The summed E-state index contributed by atoms with van der Waals surface area (Å²) in [6.07, 6.45) is -4.51. The van der Waals surface area contributed by atoms with Crippen LogP contribution in [0.4, 0.5) is 24.5 Å². The number of hydrogen-bond donors (Lipinski definition) is 2. The second-order valence-corrected chi connectivity index (χ2v) is 3.96. The summed E-state index contributed by atoms with van der Waals surface area (Å²) in [5, 5.41) is 2.38. The van der Waals surface area contributed by atoms with Gasteiger partial charge in [-0.15, -0.1) is 0 Å². The molecule has 0 fully saturated rings. The van der Waals surface area contributed by atoms with Crippen molar-refractivity contribution in [3.63, 3.8) is 0 Å². The number of nitrogens with two attached hydrogens (primary N) is 1. The molecule has 7 heteroatoms. The average molecular weight is 275 g/mol. The number of benzene rings is 1. The molecule has 0 spiro atoms. The number of likely N-dealkylation sites (N-methyl/N-ethyl adjacent to an activating group) is 2. The summed E-state index contributed by atoms with van der Waals surface area (Å²) in [7, 11) is 1.43. The van der Waals surface area contributed by atoms with E-state index in [2.05, 4.69) is 5.32 Å². The van der Waals surface area contributed by atoms with Crippen LogP contribution in [-0.2, 0) is 11.0 Å². The van der Waals surface area contributed by atoms with E-state index in [0.717, 1.165) is 6.07 Å².